The second-order valence-corrected chi connectivity index (χ2v) is 9.47. The van der Waals surface area contributed by atoms with Gasteiger partial charge in [-0.05, 0) is 30.5 Å². The van der Waals surface area contributed by atoms with Crippen LogP contribution in [0, 0.1) is 0 Å². The van der Waals surface area contributed by atoms with Gasteiger partial charge in [-0.2, -0.15) is 4.31 Å². The second kappa shape index (κ2) is 10.2. The van der Waals surface area contributed by atoms with Crippen LogP contribution in [0.5, 0.6) is 0 Å². The van der Waals surface area contributed by atoms with E-state index in [-0.39, 0.29) is 17.0 Å². The van der Waals surface area contributed by atoms with Crippen LogP contribution in [0.3, 0.4) is 0 Å². The third-order valence-electron chi connectivity index (χ3n) is 5.42. The Kier molecular flexibility index (Phi) is 7.70. The smallest absolute Gasteiger partial charge is 0.315 e. The van der Waals surface area contributed by atoms with Crippen LogP contribution < -0.4 is 10.6 Å². The van der Waals surface area contributed by atoms with Gasteiger partial charge in [0.2, 0.25) is 10.0 Å². The largest absolute Gasteiger partial charge is 0.379 e. The lowest BCUT2D eigenvalue weighted by Crippen LogP contribution is -2.42. The third kappa shape index (κ3) is 5.93. The van der Waals surface area contributed by atoms with Crippen molar-refractivity contribution in [2.24, 2.45) is 0 Å². The van der Waals surface area contributed by atoms with Crippen LogP contribution in [-0.2, 0) is 21.3 Å². The molecule has 1 saturated carbocycles. The SMILES string of the molecule is O=C(NCc1ccc(S(=O)(=O)N2CCOCC2)cc1)NC1CCCCCCC1. The summed E-state index contributed by atoms with van der Waals surface area (Å²) in [6.45, 7) is 1.99. The fourth-order valence-electron chi connectivity index (χ4n) is 3.73. The Hall–Kier alpha value is -1.64. The standard InChI is InChI=1S/C20H31N3O4S/c24-20(22-18-6-4-2-1-3-5-7-18)21-16-17-8-10-19(11-9-17)28(25,26)23-12-14-27-15-13-23/h8-11,18H,1-7,12-16H2,(H2,21,22,24). The molecule has 8 heteroatoms. The molecule has 2 amide bonds. The topological polar surface area (TPSA) is 87.7 Å². The summed E-state index contributed by atoms with van der Waals surface area (Å²) >= 11 is 0. The van der Waals surface area contributed by atoms with Crippen molar-refractivity contribution in [1.29, 1.82) is 0 Å². The number of carbonyl (C=O) groups is 1. The number of amides is 2. The lowest BCUT2D eigenvalue weighted by molar-refractivity contribution is 0.0730. The number of morpholine rings is 1. The summed E-state index contributed by atoms with van der Waals surface area (Å²) in [6.07, 6.45) is 8.23. The Balaban J connectivity index is 1.49. The summed E-state index contributed by atoms with van der Waals surface area (Å²) in [5.74, 6) is 0. The van der Waals surface area contributed by atoms with E-state index >= 15 is 0 Å². The van der Waals surface area contributed by atoms with Crippen LogP contribution in [0.15, 0.2) is 29.2 Å². The maximum Gasteiger partial charge on any atom is 0.315 e. The molecule has 0 unspecified atom stereocenters. The average molecular weight is 410 g/mol. The molecule has 28 heavy (non-hydrogen) atoms. The van der Waals surface area contributed by atoms with Crippen molar-refractivity contribution in [1.82, 2.24) is 14.9 Å². The van der Waals surface area contributed by atoms with Crippen molar-refractivity contribution < 1.29 is 17.9 Å². The molecule has 156 valence electrons. The molecule has 1 heterocycles. The summed E-state index contributed by atoms with van der Waals surface area (Å²) in [5, 5.41) is 5.95. The first-order valence-corrected chi connectivity index (χ1v) is 11.7. The molecule has 2 N–H and O–H groups in total. The molecule has 0 aromatic heterocycles. The number of nitrogens with one attached hydrogen (secondary N) is 2. The molecule has 1 aliphatic carbocycles. The van der Waals surface area contributed by atoms with E-state index < -0.39 is 10.0 Å². The van der Waals surface area contributed by atoms with Gasteiger partial charge in [-0.25, -0.2) is 13.2 Å². The zero-order chi connectivity index (χ0) is 19.8. The molecular weight excluding hydrogens is 378 g/mol. The molecule has 0 spiro atoms. The average Bonchev–Trinajstić information content (AvgIpc) is 2.69. The normalized spacial score (nSPS) is 20.1. The summed E-state index contributed by atoms with van der Waals surface area (Å²) in [4.78, 5) is 12.5. The van der Waals surface area contributed by atoms with Gasteiger partial charge < -0.3 is 15.4 Å². The minimum atomic E-state index is -3.48. The van der Waals surface area contributed by atoms with Gasteiger partial charge >= 0.3 is 6.03 Å². The van der Waals surface area contributed by atoms with Crippen LogP contribution in [-0.4, -0.2) is 51.1 Å². The van der Waals surface area contributed by atoms with Crippen LogP contribution in [0.2, 0.25) is 0 Å². The number of hydrogen-bond acceptors (Lipinski definition) is 4. The van der Waals surface area contributed by atoms with Crippen LogP contribution >= 0.6 is 0 Å². The van der Waals surface area contributed by atoms with Crippen molar-refractivity contribution in [3.05, 3.63) is 29.8 Å². The number of hydrogen-bond donors (Lipinski definition) is 2. The van der Waals surface area contributed by atoms with Crippen molar-refractivity contribution in [3.8, 4) is 0 Å². The van der Waals surface area contributed by atoms with Crippen LogP contribution in [0.4, 0.5) is 4.79 Å². The molecule has 0 radical (unpaired) electrons. The fourth-order valence-corrected chi connectivity index (χ4v) is 5.14. The Morgan fingerprint density at radius 1 is 1.00 bits per heavy atom. The molecule has 1 saturated heterocycles. The fraction of sp³-hybridized carbons (Fsp3) is 0.650. The quantitative estimate of drug-likeness (QED) is 0.783. The van der Waals surface area contributed by atoms with E-state index in [2.05, 4.69) is 10.6 Å². The highest BCUT2D eigenvalue weighted by Crippen LogP contribution is 2.18. The van der Waals surface area contributed by atoms with Crippen molar-refractivity contribution in [2.45, 2.75) is 62.4 Å². The van der Waals surface area contributed by atoms with E-state index in [0.29, 0.717) is 32.8 Å². The summed E-state index contributed by atoms with van der Waals surface area (Å²) in [6, 6.07) is 6.81. The third-order valence-corrected chi connectivity index (χ3v) is 7.34. The second-order valence-electron chi connectivity index (χ2n) is 7.53. The molecular formula is C20H31N3O4S. The van der Waals surface area contributed by atoms with Gasteiger partial charge in [0.05, 0.1) is 18.1 Å². The first-order chi connectivity index (χ1) is 13.6. The molecule has 1 aliphatic heterocycles. The predicted molar refractivity (Wildman–Crippen MR) is 107 cm³/mol. The molecule has 0 atom stereocenters. The predicted octanol–water partition coefficient (Wildman–Crippen LogP) is 2.62. The summed E-state index contributed by atoms with van der Waals surface area (Å²) in [5.41, 5.74) is 0.869. The molecule has 0 bridgehead atoms. The first-order valence-electron chi connectivity index (χ1n) is 10.3. The minimum absolute atomic E-state index is 0.157. The van der Waals surface area contributed by atoms with Gasteiger partial charge in [0.25, 0.3) is 0 Å². The lowest BCUT2D eigenvalue weighted by Gasteiger charge is -2.26. The van der Waals surface area contributed by atoms with Crippen LogP contribution in [0.1, 0.15) is 50.5 Å². The number of nitrogens with zero attached hydrogens (tertiary/aromatic N) is 1. The Morgan fingerprint density at radius 3 is 2.25 bits per heavy atom. The van der Waals surface area contributed by atoms with E-state index in [9.17, 15) is 13.2 Å². The van der Waals surface area contributed by atoms with Gasteiger partial charge in [-0.3, -0.25) is 0 Å². The highest BCUT2D eigenvalue weighted by molar-refractivity contribution is 7.89. The summed E-state index contributed by atoms with van der Waals surface area (Å²) in [7, 11) is -3.48. The highest BCUT2D eigenvalue weighted by atomic mass is 32.2. The van der Waals surface area contributed by atoms with Gasteiger partial charge in [0, 0.05) is 25.7 Å². The van der Waals surface area contributed by atoms with Gasteiger partial charge in [-0.15, -0.1) is 0 Å². The van der Waals surface area contributed by atoms with Crippen molar-refractivity contribution >= 4 is 16.1 Å². The van der Waals surface area contributed by atoms with E-state index in [1.807, 2.05) is 0 Å². The molecule has 1 aromatic rings. The molecule has 7 nitrogen and oxygen atoms in total. The Labute approximate surface area is 167 Å². The Bertz CT molecular complexity index is 722. The van der Waals surface area contributed by atoms with Gasteiger partial charge in [0.15, 0.2) is 0 Å². The maximum absolute atomic E-state index is 12.6. The maximum atomic E-state index is 12.6. The number of carbonyl (C=O) groups excluding carboxylic acids is 1. The number of ether oxygens (including phenoxy) is 1. The van der Waals surface area contributed by atoms with E-state index in [1.54, 1.807) is 24.3 Å². The molecule has 1 aromatic carbocycles. The van der Waals surface area contributed by atoms with E-state index in [4.69, 9.17) is 4.74 Å². The Morgan fingerprint density at radius 2 is 1.61 bits per heavy atom. The molecule has 3 rings (SSSR count). The zero-order valence-electron chi connectivity index (χ0n) is 16.4. The van der Waals surface area contributed by atoms with E-state index in [1.165, 1.54) is 36.4 Å². The first kappa shape index (κ1) is 21.1. The summed E-state index contributed by atoms with van der Waals surface area (Å²) < 4.78 is 31.9. The molecule has 2 aliphatic rings. The lowest BCUT2D eigenvalue weighted by atomic mass is 9.97. The monoisotopic (exact) mass is 409 g/mol. The number of sulfonamides is 1. The van der Waals surface area contributed by atoms with Gasteiger partial charge in [-0.1, -0.05) is 44.2 Å². The van der Waals surface area contributed by atoms with Crippen molar-refractivity contribution in [3.63, 3.8) is 0 Å². The number of urea groups is 1. The van der Waals surface area contributed by atoms with E-state index in [0.717, 1.165) is 18.4 Å². The van der Waals surface area contributed by atoms with Crippen LogP contribution in [0.25, 0.3) is 0 Å². The van der Waals surface area contributed by atoms with Gasteiger partial charge in [0.1, 0.15) is 0 Å². The zero-order valence-corrected chi connectivity index (χ0v) is 17.2. The highest BCUT2D eigenvalue weighted by Gasteiger charge is 2.26. The number of rotatable bonds is 5. The molecule has 2 fully saturated rings. The van der Waals surface area contributed by atoms with Crippen molar-refractivity contribution in [2.75, 3.05) is 26.3 Å². The number of benzene rings is 1. The minimum Gasteiger partial charge on any atom is -0.379 e.